The predicted molar refractivity (Wildman–Crippen MR) is 34.8 cm³/mol. The quantitative estimate of drug-likeness (QED) is 0.477. The van der Waals surface area contributed by atoms with Crippen molar-refractivity contribution >= 4 is 23.2 Å². The molecule has 0 bridgehead atoms. The molecule has 8 heavy (non-hydrogen) atoms. The first-order chi connectivity index (χ1) is 3.68. The van der Waals surface area contributed by atoms with Gasteiger partial charge in [0.2, 0.25) is 0 Å². The Kier molecular flexibility index (Phi) is 3.73. The van der Waals surface area contributed by atoms with Crippen LogP contribution in [0.3, 0.4) is 0 Å². The third kappa shape index (κ3) is 2.18. The minimum Gasteiger partial charge on any atom is -0.316 e. The molecule has 0 amide bonds. The average Bonchev–Trinajstić information content (AvgIpc) is 1.87. The van der Waals surface area contributed by atoms with Gasteiger partial charge in [0.15, 0.2) is 0 Å². The molecule has 0 aromatic carbocycles. The Morgan fingerprint density at radius 1 is 1.50 bits per heavy atom. The van der Waals surface area contributed by atoms with Crippen LogP contribution in [0.4, 0.5) is 0 Å². The van der Waals surface area contributed by atoms with Gasteiger partial charge in [0.05, 0.1) is 5.54 Å². The van der Waals surface area contributed by atoms with Gasteiger partial charge in [-0.25, -0.2) is 0 Å². The van der Waals surface area contributed by atoms with Gasteiger partial charge in [-0.15, -0.1) is 23.2 Å². The number of rotatable bonds is 3. The summed E-state index contributed by atoms with van der Waals surface area (Å²) >= 11 is 10.8. The fourth-order valence-corrected chi connectivity index (χ4v) is 0.501. The molecule has 2 N–H and O–H groups in total. The number of alkyl halides is 2. The van der Waals surface area contributed by atoms with E-state index in [1.807, 2.05) is 5.48 Å². The summed E-state index contributed by atoms with van der Waals surface area (Å²) in [6.07, 6.45) is 0. The van der Waals surface area contributed by atoms with Crippen LogP contribution < -0.4 is 5.48 Å². The molecule has 2 nitrogen and oxygen atoms in total. The van der Waals surface area contributed by atoms with Crippen molar-refractivity contribution in [2.45, 2.75) is 12.5 Å². The molecule has 0 saturated heterocycles. The van der Waals surface area contributed by atoms with Crippen molar-refractivity contribution in [3.63, 3.8) is 0 Å². The molecule has 0 aromatic rings. The van der Waals surface area contributed by atoms with Crippen LogP contribution in [0.1, 0.15) is 6.92 Å². The topological polar surface area (TPSA) is 32.3 Å². The summed E-state index contributed by atoms with van der Waals surface area (Å²) in [6.45, 7) is 1.73. The number of halogens is 2. The molecule has 0 aliphatic heterocycles. The molecule has 0 heterocycles. The number of hydrogen-bond donors (Lipinski definition) is 2. The third-order valence-corrected chi connectivity index (χ3v) is 2.04. The Labute approximate surface area is 58.7 Å². The highest BCUT2D eigenvalue weighted by Crippen LogP contribution is 2.06. The van der Waals surface area contributed by atoms with Crippen LogP contribution in [0, 0.1) is 0 Å². The Bertz CT molecular complexity index is 56.8. The van der Waals surface area contributed by atoms with Crippen molar-refractivity contribution in [3.05, 3.63) is 0 Å². The summed E-state index contributed by atoms with van der Waals surface area (Å²) in [5, 5.41) is 8.37. The van der Waals surface area contributed by atoms with E-state index in [1.54, 1.807) is 6.92 Å². The lowest BCUT2D eigenvalue weighted by Crippen LogP contribution is -2.43. The van der Waals surface area contributed by atoms with E-state index < -0.39 is 5.54 Å². The highest BCUT2D eigenvalue weighted by atomic mass is 35.5. The fourth-order valence-electron chi connectivity index (χ4n) is 0.0955. The summed E-state index contributed by atoms with van der Waals surface area (Å²) in [5.41, 5.74) is 1.48. The van der Waals surface area contributed by atoms with Crippen molar-refractivity contribution in [1.29, 1.82) is 0 Å². The molecule has 0 rings (SSSR count). The van der Waals surface area contributed by atoms with Crippen molar-refractivity contribution < 1.29 is 5.21 Å². The molecular weight excluding hydrogens is 149 g/mol. The SMILES string of the molecule is CC(CCl)(CCl)NO. The van der Waals surface area contributed by atoms with Crippen LogP contribution in [0.5, 0.6) is 0 Å². The smallest absolute Gasteiger partial charge is 0.0671 e. The van der Waals surface area contributed by atoms with Crippen LogP contribution in [-0.4, -0.2) is 22.5 Å². The van der Waals surface area contributed by atoms with Crippen LogP contribution in [0.25, 0.3) is 0 Å². The first kappa shape index (κ1) is 8.50. The second-order valence-electron chi connectivity index (χ2n) is 1.94. The maximum absolute atomic E-state index is 8.37. The molecule has 4 heteroatoms. The molecular formula is C4H9Cl2NO. The molecule has 0 saturated carbocycles. The highest BCUT2D eigenvalue weighted by molar-refractivity contribution is 6.21. The second kappa shape index (κ2) is 3.51. The third-order valence-electron chi connectivity index (χ3n) is 0.860. The van der Waals surface area contributed by atoms with Gasteiger partial charge in [-0.3, -0.25) is 0 Å². The monoisotopic (exact) mass is 157 g/mol. The van der Waals surface area contributed by atoms with Gasteiger partial charge < -0.3 is 5.21 Å². The summed E-state index contributed by atoms with van der Waals surface area (Å²) in [4.78, 5) is 0. The summed E-state index contributed by atoms with van der Waals surface area (Å²) < 4.78 is 0. The molecule has 0 aromatic heterocycles. The number of hydroxylamine groups is 1. The van der Waals surface area contributed by atoms with E-state index in [0.717, 1.165) is 0 Å². The van der Waals surface area contributed by atoms with E-state index in [0.29, 0.717) is 11.8 Å². The molecule has 0 fully saturated rings. The van der Waals surface area contributed by atoms with Crippen LogP contribution in [-0.2, 0) is 0 Å². The predicted octanol–water partition coefficient (Wildman–Crippen LogP) is 1.20. The maximum Gasteiger partial charge on any atom is 0.0671 e. The van der Waals surface area contributed by atoms with Gasteiger partial charge in [0, 0.05) is 11.8 Å². The van der Waals surface area contributed by atoms with Crippen LogP contribution in [0.15, 0.2) is 0 Å². The molecule has 0 aliphatic carbocycles. The fraction of sp³-hybridized carbons (Fsp3) is 1.00. The first-order valence-corrected chi connectivity index (χ1v) is 3.28. The molecule has 0 spiro atoms. The molecule has 0 unspecified atom stereocenters. The van der Waals surface area contributed by atoms with E-state index >= 15 is 0 Å². The lowest BCUT2D eigenvalue weighted by molar-refractivity contribution is 0.0954. The first-order valence-electron chi connectivity index (χ1n) is 2.22. The Morgan fingerprint density at radius 2 is 1.88 bits per heavy atom. The number of hydrogen-bond acceptors (Lipinski definition) is 2. The van der Waals surface area contributed by atoms with E-state index in [4.69, 9.17) is 28.4 Å². The standard InChI is InChI=1S/C4H9Cl2NO/c1-4(2-5,3-6)7-8/h7-8H,2-3H2,1H3. The number of nitrogens with one attached hydrogen (secondary N) is 1. The van der Waals surface area contributed by atoms with Crippen molar-refractivity contribution in [1.82, 2.24) is 5.48 Å². The van der Waals surface area contributed by atoms with Gasteiger partial charge in [0.1, 0.15) is 0 Å². The average molecular weight is 158 g/mol. The lowest BCUT2D eigenvalue weighted by Gasteiger charge is -2.20. The van der Waals surface area contributed by atoms with E-state index in [-0.39, 0.29) is 0 Å². The van der Waals surface area contributed by atoms with Crippen LogP contribution in [0.2, 0.25) is 0 Å². The normalized spacial score (nSPS) is 12.0. The minimum absolute atomic E-state index is 0.299. The van der Waals surface area contributed by atoms with Crippen LogP contribution >= 0.6 is 23.2 Å². The van der Waals surface area contributed by atoms with E-state index in [2.05, 4.69) is 0 Å². The Balaban J connectivity index is 3.58. The summed E-state index contributed by atoms with van der Waals surface area (Å²) in [5.74, 6) is 0.597. The van der Waals surface area contributed by atoms with Gasteiger partial charge >= 0.3 is 0 Å². The molecule has 50 valence electrons. The highest BCUT2D eigenvalue weighted by Gasteiger charge is 2.19. The van der Waals surface area contributed by atoms with Gasteiger partial charge in [-0.2, -0.15) is 5.48 Å². The molecule has 0 atom stereocenters. The van der Waals surface area contributed by atoms with Crippen molar-refractivity contribution in [2.24, 2.45) is 0 Å². The maximum atomic E-state index is 8.37. The zero-order valence-electron chi connectivity index (χ0n) is 4.62. The summed E-state index contributed by atoms with van der Waals surface area (Å²) in [7, 11) is 0. The summed E-state index contributed by atoms with van der Waals surface area (Å²) in [6, 6.07) is 0. The van der Waals surface area contributed by atoms with E-state index in [9.17, 15) is 0 Å². The molecule has 0 aliphatic rings. The van der Waals surface area contributed by atoms with Gasteiger partial charge in [-0.1, -0.05) is 0 Å². The van der Waals surface area contributed by atoms with E-state index in [1.165, 1.54) is 0 Å². The largest absolute Gasteiger partial charge is 0.316 e. The Hall–Kier alpha value is 0.500. The molecule has 0 radical (unpaired) electrons. The lowest BCUT2D eigenvalue weighted by atomic mass is 10.1. The zero-order valence-corrected chi connectivity index (χ0v) is 6.13. The van der Waals surface area contributed by atoms with Gasteiger partial charge in [0.25, 0.3) is 0 Å². The van der Waals surface area contributed by atoms with Crippen molar-refractivity contribution in [2.75, 3.05) is 11.8 Å². The Morgan fingerprint density at radius 3 is 1.88 bits per heavy atom. The second-order valence-corrected chi connectivity index (χ2v) is 2.47. The zero-order chi connectivity index (χ0) is 6.62. The van der Waals surface area contributed by atoms with Gasteiger partial charge in [-0.05, 0) is 6.92 Å². The minimum atomic E-state index is -0.539. The van der Waals surface area contributed by atoms with Crippen molar-refractivity contribution in [3.8, 4) is 0 Å².